The van der Waals surface area contributed by atoms with E-state index in [1.807, 2.05) is 31.2 Å². The van der Waals surface area contributed by atoms with Gasteiger partial charge >= 0.3 is 0 Å². The molecule has 1 aliphatic heterocycles. The van der Waals surface area contributed by atoms with Crippen LogP contribution < -0.4 is 15.8 Å². The molecule has 0 aliphatic carbocycles. The van der Waals surface area contributed by atoms with Crippen LogP contribution in [0, 0.1) is 0 Å². The Bertz CT molecular complexity index is 546. The van der Waals surface area contributed by atoms with Gasteiger partial charge in [-0.25, -0.2) is 0 Å². The first kappa shape index (κ1) is 19.0. The lowest BCUT2D eigenvalue weighted by Gasteiger charge is -2.26. The van der Waals surface area contributed by atoms with E-state index in [1.54, 1.807) is 0 Å². The van der Waals surface area contributed by atoms with Crippen LogP contribution in [0.4, 0.5) is 5.69 Å². The number of thioether (sulfide) groups is 1. The van der Waals surface area contributed by atoms with Crippen LogP contribution in [-0.2, 0) is 4.74 Å². The number of hydrogen-bond donors (Lipinski definition) is 2. The van der Waals surface area contributed by atoms with Crippen LogP contribution >= 0.6 is 24.0 Å². The van der Waals surface area contributed by atoms with E-state index in [0.717, 1.165) is 50.0 Å². The lowest BCUT2D eigenvalue weighted by molar-refractivity contribution is 0.0322. The van der Waals surface area contributed by atoms with Crippen molar-refractivity contribution in [1.29, 1.82) is 0 Å². The smallest absolute Gasteiger partial charge is 0.199 e. The van der Waals surface area contributed by atoms with Gasteiger partial charge in [-0.3, -0.25) is 4.90 Å². The number of amidine groups is 1. The molecule has 1 fully saturated rings. The Morgan fingerprint density at radius 1 is 1.38 bits per heavy atom. The Hall–Kier alpha value is -1.35. The van der Waals surface area contributed by atoms with E-state index < -0.39 is 0 Å². The zero-order valence-corrected chi connectivity index (χ0v) is 15.5. The minimum absolute atomic E-state index is 0.356. The molecule has 0 atom stereocenters. The highest BCUT2D eigenvalue weighted by Crippen LogP contribution is 2.16. The predicted molar refractivity (Wildman–Crippen MR) is 105 cm³/mol. The number of morpholine rings is 1. The number of aliphatic imine (C=N–C) groups is 1. The van der Waals surface area contributed by atoms with Gasteiger partial charge < -0.3 is 20.5 Å². The Kier molecular flexibility index (Phi) is 8.31. The number of nitrogens with zero attached hydrogens (tertiary/aromatic N) is 2. The first-order valence-corrected chi connectivity index (χ1v) is 9.37. The number of nitrogens with one attached hydrogen (secondary N) is 1. The van der Waals surface area contributed by atoms with Gasteiger partial charge in [-0.2, -0.15) is 4.99 Å². The second-order valence-corrected chi connectivity index (χ2v) is 6.81. The van der Waals surface area contributed by atoms with Crippen LogP contribution in [0.1, 0.15) is 6.92 Å². The Morgan fingerprint density at radius 2 is 2.08 bits per heavy atom. The summed E-state index contributed by atoms with van der Waals surface area (Å²) in [6, 6.07) is 7.65. The molecule has 0 bridgehead atoms. The third kappa shape index (κ3) is 7.04. The molecule has 6 nitrogen and oxygen atoms in total. The van der Waals surface area contributed by atoms with Gasteiger partial charge in [0.2, 0.25) is 0 Å². The number of nitrogens with two attached hydrogens (primary N) is 1. The summed E-state index contributed by atoms with van der Waals surface area (Å²) >= 11 is 6.62. The van der Waals surface area contributed by atoms with Crippen LogP contribution in [0.15, 0.2) is 29.3 Å². The van der Waals surface area contributed by atoms with Crippen molar-refractivity contribution in [1.82, 2.24) is 4.90 Å². The summed E-state index contributed by atoms with van der Waals surface area (Å²) in [5.41, 5.74) is 6.59. The maximum Gasteiger partial charge on any atom is 0.199 e. The monoisotopic (exact) mass is 368 g/mol. The van der Waals surface area contributed by atoms with Gasteiger partial charge in [0.25, 0.3) is 0 Å². The van der Waals surface area contributed by atoms with Gasteiger partial charge in [0.15, 0.2) is 10.3 Å². The fourth-order valence-corrected chi connectivity index (χ4v) is 2.91. The minimum atomic E-state index is 0.356. The molecule has 2 rings (SSSR count). The third-order valence-electron chi connectivity index (χ3n) is 3.39. The van der Waals surface area contributed by atoms with Gasteiger partial charge in [-0.1, -0.05) is 18.7 Å². The van der Waals surface area contributed by atoms with Crippen LogP contribution in [0.3, 0.4) is 0 Å². The number of ether oxygens (including phenoxy) is 2. The summed E-state index contributed by atoms with van der Waals surface area (Å²) in [5.74, 6) is 1.71. The molecule has 0 aromatic heterocycles. The quantitative estimate of drug-likeness (QED) is 0.453. The average Bonchev–Trinajstić information content (AvgIpc) is 2.57. The molecule has 1 saturated heterocycles. The summed E-state index contributed by atoms with van der Waals surface area (Å²) < 4.78 is 11.1. The van der Waals surface area contributed by atoms with E-state index >= 15 is 0 Å². The fourth-order valence-electron chi connectivity index (χ4n) is 2.18. The summed E-state index contributed by atoms with van der Waals surface area (Å²) in [6.45, 7) is 7.17. The van der Waals surface area contributed by atoms with Gasteiger partial charge in [0, 0.05) is 25.3 Å². The lowest BCUT2D eigenvalue weighted by Crippen LogP contribution is -2.38. The SMILES string of the molecule is CCS/C(N)=N/C(=S)Nc1ccc(OCCN2CCOCC2)cc1. The minimum Gasteiger partial charge on any atom is -0.492 e. The molecule has 1 aromatic rings. The van der Waals surface area contributed by atoms with Gasteiger partial charge in [0.1, 0.15) is 12.4 Å². The molecule has 0 saturated carbocycles. The number of benzene rings is 1. The third-order valence-corrected chi connectivity index (χ3v) is 4.26. The maximum atomic E-state index is 5.77. The van der Waals surface area contributed by atoms with E-state index in [2.05, 4.69) is 15.2 Å². The van der Waals surface area contributed by atoms with Crippen LogP contribution in [0.2, 0.25) is 0 Å². The predicted octanol–water partition coefficient (Wildman–Crippen LogP) is 2.16. The van der Waals surface area contributed by atoms with Crippen molar-refractivity contribution < 1.29 is 9.47 Å². The van der Waals surface area contributed by atoms with Gasteiger partial charge in [-0.05, 0) is 42.2 Å². The maximum absolute atomic E-state index is 5.77. The van der Waals surface area contributed by atoms with Crippen molar-refractivity contribution >= 4 is 39.9 Å². The molecule has 0 unspecified atom stereocenters. The van der Waals surface area contributed by atoms with Crippen LogP contribution in [0.25, 0.3) is 0 Å². The Labute approximate surface area is 152 Å². The van der Waals surface area contributed by atoms with E-state index in [4.69, 9.17) is 27.4 Å². The van der Waals surface area contributed by atoms with Gasteiger partial charge in [-0.15, -0.1) is 0 Å². The molecule has 0 amide bonds. The van der Waals surface area contributed by atoms with Crippen molar-refractivity contribution in [2.45, 2.75) is 6.92 Å². The fraction of sp³-hybridized carbons (Fsp3) is 0.500. The van der Waals surface area contributed by atoms with E-state index in [-0.39, 0.29) is 0 Å². The standard InChI is InChI=1S/C16H24N4O2S2/c1-2-24-15(17)19-16(23)18-13-3-5-14(6-4-13)22-12-9-20-7-10-21-11-8-20/h3-6H,2,7-12H2,1H3,(H3,17,18,19,23). The Morgan fingerprint density at radius 3 is 2.75 bits per heavy atom. The topological polar surface area (TPSA) is 72.1 Å². The van der Waals surface area contributed by atoms with Crippen LogP contribution in [0.5, 0.6) is 5.75 Å². The van der Waals surface area contributed by atoms with Crippen LogP contribution in [-0.4, -0.2) is 60.4 Å². The summed E-state index contributed by atoms with van der Waals surface area (Å²) in [7, 11) is 0. The molecular weight excluding hydrogens is 344 g/mol. The molecule has 132 valence electrons. The first-order valence-electron chi connectivity index (χ1n) is 7.98. The van der Waals surface area contributed by atoms with Crippen molar-refractivity contribution in [3.8, 4) is 5.75 Å². The van der Waals surface area contributed by atoms with Crippen molar-refractivity contribution in [3.05, 3.63) is 24.3 Å². The van der Waals surface area contributed by atoms with E-state index in [9.17, 15) is 0 Å². The number of anilines is 1. The lowest BCUT2D eigenvalue weighted by atomic mass is 10.3. The molecule has 3 N–H and O–H groups in total. The summed E-state index contributed by atoms with van der Waals surface area (Å²) in [6.07, 6.45) is 0. The summed E-state index contributed by atoms with van der Waals surface area (Å²) in [5, 5.41) is 3.87. The molecule has 1 aliphatic rings. The van der Waals surface area contributed by atoms with Crippen molar-refractivity contribution in [2.24, 2.45) is 10.7 Å². The summed E-state index contributed by atoms with van der Waals surface area (Å²) in [4.78, 5) is 6.46. The second-order valence-electron chi connectivity index (χ2n) is 5.14. The van der Waals surface area contributed by atoms with E-state index in [1.165, 1.54) is 11.8 Å². The first-order chi connectivity index (χ1) is 11.7. The normalized spacial score (nSPS) is 16.0. The second kappa shape index (κ2) is 10.5. The highest BCUT2D eigenvalue weighted by molar-refractivity contribution is 8.13. The molecular formula is C16H24N4O2S2. The number of thiocarbonyl (C=S) groups is 1. The van der Waals surface area contributed by atoms with Crippen molar-refractivity contribution in [2.75, 3.05) is 50.5 Å². The average molecular weight is 369 g/mol. The van der Waals surface area contributed by atoms with E-state index in [0.29, 0.717) is 16.9 Å². The Balaban J connectivity index is 1.73. The zero-order chi connectivity index (χ0) is 17.2. The van der Waals surface area contributed by atoms with Gasteiger partial charge in [0.05, 0.1) is 13.2 Å². The molecule has 8 heteroatoms. The number of rotatable bonds is 6. The molecule has 24 heavy (non-hydrogen) atoms. The molecule has 1 aromatic carbocycles. The molecule has 0 spiro atoms. The largest absolute Gasteiger partial charge is 0.492 e. The number of hydrogen-bond acceptors (Lipinski definition) is 5. The molecule has 0 radical (unpaired) electrons. The molecule has 1 heterocycles. The highest BCUT2D eigenvalue weighted by atomic mass is 32.2. The highest BCUT2D eigenvalue weighted by Gasteiger charge is 2.09. The zero-order valence-electron chi connectivity index (χ0n) is 13.9. The van der Waals surface area contributed by atoms with Crippen molar-refractivity contribution in [3.63, 3.8) is 0 Å².